The molecule has 4 rings (SSSR count). The number of hydrogen-bond acceptors (Lipinski definition) is 6. The fraction of sp³-hybridized carbons (Fsp3) is 0.222. The lowest BCUT2D eigenvalue weighted by atomic mass is 10.1. The maximum atomic E-state index is 12.7. The van der Waals surface area contributed by atoms with Crippen molar-refractivity contribution in [1.29, 1.82) is 0 Å². The highest BCUT2D eigenvalue weighted by Crippen LogP contribution is 2.25. The van der Waals surface area contributed by atoms with Crippen LogP contribution in [0.2, 0.25) is 0 Å². The van der Waals surface area contributed by atoms with Crippen LogP contribution in [0.1, 0.15) is 44.1 Å². The second-order valence-corrected chi connectivity index (χ2v) is 8.18. The first-order chi connectivity index (χ1) is 16.4. The molecule has 2 aromatic carbocycles. The van der Waals surface area contributed by atoms with Gasteiger partial charge in [0.05, 0.1) is 11.3 Å². The van der Waals surface area contributed by atoms with Gasteiger partial charge in [-0.05, 0) is 68.7 Å². The molecule has 0 aliphatic heterocycles. The molecule has 174 valence electrons. The average Bonchev–Trinajstić information content (AvgIpc) is 3.16. The van der Waals surface area contributed by atoms with Crippen molar-refractivity contribution in [3.63, 3.8) is 0 Å². The molecule has 0 atom stereocenters. The Kier molecular flexibility index (Phi) is 6.92. The van der Waals surface area contributed by atoms with Gasteiger partial charge >= 0.3 is 0 Å². The third-order valence-corrected chi connectivity index (χ3v) is 5.47. The van der Waals surface area contributed by atoms with Gasteiger partial charge in [0.1, 0.15) is 23.9 Å². The molecule has 1 N–H and O–H groups in total. The topological polar surface area (TPSA) is 86.5 Å². The zero-order valence-corrected chi connectivity index (χ0v) is 19.7. The van der Waals surface area contributed by atoms with E-state index in [2.05, 4.69) is 15.5 Å². The standard InChI is InChI=1S/C27H27N3O4/c1-17-8-9-18(2)25(12-17)33-26-11-10-21(14-28-26)15-29-27(31)22-6-5-7-23(13-22)32-16-24-19(3)30-34-20(24)4/h5-14H,15-16H2,1-4H3,(H,29,31). The van der Waals surface area contributed by atoms with Gasteiger partial charge in [-0.3, -0.25) is 4.79 Å². The fourth-order valence-corrected chi connectivity index (χ4v) is 3.38. The molecule has 0 fully saturated rings. The summed E-state index contributed by atoms with van der Waals surface area (Å²) in [7, 11) is 0. The van der Waals surface area contributed by atoms with E-state index in [-0.39, 0.29) is 5.91 Å². The number of benzene rings is 2. The molecule has 7 nitrogen and oxygen atoms in total. The summed E-state index contributed by atoms with van der Waals surface area (Å²) in [4.78, 5) is 17.0. The van der Waals surface area contributed by atoms with Crippen LogP contribution >= 0.6 is 0 Å². The van der Waals surface area contributed by atoms with E-state index >= 15 is 0 Å². The van der Waals surface area contributed by atoms with Gasteiger partial charge in [0.2, 0.25) is 5.88 Å². The molecule has 2 aromatic heterocycles. The number of ether oxygens (including phenoxy) is 2. The molecule has 1 amide bonds. The van der Waals surface area contributed by atoms with Crippen LogP contribution in [0.3, 0.4) is 0 Å². The molecule has 2 heterocycles. The minimum atomic E-state index is -0.196. The van der Waals surface area contributed by atoms with Crippen LogP contribution in [0.15, 0.2) is 65.3 Å². The normalized spacial score (nSPS) is 10.7. The van der Waals surface area contributed by atoms with E-state index < -0.39 is 0 Å². The third kappa shape index (κ3) is 5.61. The van der Waals surface area contributed by atoms with Crippen LogP contribution in [0.5, 0.6) is 17.4 Å². The first-order valence-corrected chi connectivity index (χ1v) is 11.0. The van der Waals surface area contributed by atoms with Crippen LogP contribution in [-0.2, 0) is 13.2 Å². The van der Waals surface area contributed by atoms with Crippen molar-refractivity contribution in [2.24, 2.45) is 0 Å². The van der Waals surface area contributed by atoms with Crippen molar-refractivity contribution < 1.29 is 18.8 Å². The molecule has 0 unspecified atom stereocenters. The molecule has 34 heavy (non-hydrogen) atoms. The summed E-state index contributed by atoms with van der Waals surface area (Å²) in [6.45, 7) is 8.41. The Balaban J connectivity index is 1.32. The average molecular weight is 458 g/mol. The smallest absolute Gasteiger partial charge is 0.251 e. The number of carbonyl (C=O) groups excluding carboxylic acids is 1. The second kappa shape index (κ2) is 10.2. The van der Waals surface area contributed by atoms with Gasteiger partial charge in [-0.25, -0.2) is 4.98 Å². The van der Waals surface area contributed by atoms with Gasteiger partial charge in [0.25, 0.3) is 5.91 Å². The Labute approximate surface area is 198 Å². The van der Waals surface area contributed by atoms with Crippen molar-refractivity contribution >= 4 is 5.91 Å². The van der Waals surface area contributed by atoms with Crippen molar-refractivity contribution in [2.45, 2.75) is 40.8 Å². The third-order valence-electron chi connectivity index (χ3n) is 5.47. The lowest BCUT2D eigenvalue weighted by molar-refractivity contribution is 0.0950. The molecule has 0 saturated carbocycles. The predicted molar refractivity (Wildman–Crippen MR) is 128 cm³/mol. The Morgan fingerprint density at radius 2 is 1.88 bits per heavy atom. The van der Waals surface area contributed by atoms with E-state index in [1.165, 1.54) is 0 Å². The number of rotatable bonds is 8. The van der Waals surface area contributed by atoms with E-state index in [4.69, 9.17) is 14.0 Å². The van der Waals surface area contributed by atoms with Gasteiger partial charge in [-0.15, -0.1) is 0 Å². The first kappa shape index (κ1) is 23.0. The molecule has 0 aliphatic carbocycles. The summed E-state index contributed by atoms with van der Waals surface area (Å²) >= 11 is 0. The highest BCUT2D eigenvalue weighted by molar-refractivity contribution is 5.94. The highest BCUT2D eigenvalue weighted by Gasteiger charge is 2.11. The molecule has 0 bridgehead atoms. The number of aryl methyl sites for hydroxylation is 4. The van der Waals surface area contributed by atoms with Crippen molar-refractivity contribution in [1.82, 2.24) is 15.5 Å². The van der Waals surface area contributed by atoms with E-state index in [0.29, 0.717) is 30.3 Å². The number of carbonyl (C=O) groups is 1. The van der Waals surface area contributed by atoms with Crippen LogP contribution in [-0.4, -0.2) is 16.0 Å². The van der Waals surface area contributed by atoms with Gasteiger partial charge < -0.3 is 19.3 Å². The van der Waals surface area contributed by atoms with Gasteiger partial charge in [-0.2, -0.15) is 0 Å². The van der Waals surface area contributed by atoms with Crippen molar-refractivity contribution in [3.8, 4) is 17.4 Å². The monoisotopic (exact) mass is 457 g/mol. The summed E-state index contributed by atoms with van der Waals surface area (Å²) in [6.07, 6.45) is 1.70. The fourth-order valence-electron chi connectivity index (χ4n) is 3.38. The molecular formula is C27H27N3O4. The second-order valence-electron chi connectivity index (χ2n) is 8.18. The van der Waals surface area contributed by atoms with Gasteiger partial charge in [-0.1, -0.05) is 29.4 Å². The molecule has 0 radical (unpaired) electrons. The van der Waals surface area contributed by atoms with E-state index in [0.717, 1.165) is 39.5 Å². The lowest BCUT2D eigenvalue weighted by Crippen LogP contribution is -2.22. The number of aromatic nitrogens is 2. The molecule has 4 aromatic rings. The minimum absolute atomic E-state index is 0.196. The van der Waals surface area contributed by atoms with Gasteiger partial charge in [0, 0.05) is 24.4 Å². The quantitative estimate of drug-likeness (QED) is 0.370. The minimum Gasteiger partial charge on any atom is -0.489 e. The maximum Gasteiger partial charge on any atom is 0.251 e. The highest BCUT2D eigenvalue weighted by atomic mass is 16.5. The maximum absolute atomic E-state index is 12.7. The Bertz CT molecular complexity index is 1280. The van der Waals surface area contributed by atoms with Crippen molar-refractivity contribution in [2.75, 3.05) is 0 Å². The van der Waals surface area contributed by atoms with Crippen LogP contribution in [0, 0.1) is 27.7 Å². The van der Waals surface area contributed by atoms with E-state index in [1.54, 1.807) is 30.5 Å². The first-order valence-electron chi connectivity index (χ1n) is 11.0. The van der Waals surface area contributed by atoms with E-state index in [9.17, 15) is 4.79 Å². The molecule has 0 saturated heterocycles. The summed E-state index contributed by atoms with van der Waals surface area (Å²) < 4.78 is 16.9. The predicted octanol–water partition coefficient (Wildman–Crippen LogP) is 5.60. The summed E-state index contributed by atoms with van der Waals surface area (Å²) in [5, 5.41) is 6.84. The van der Waals surface area contributed by atoms with Crippen molar-refractivity contribution in [3.05, 3.63) is 100 Å². The zero-order valence-electron chi connectivity index (χ0n) is 19.7. The lowest BCUT2D eigenvalue weighted by Gasteiger charge is -2.10. The SMILES string of the molecule is Cc1ccc(C)c(Oc2ccc(CNC(=O)c3cccc(OCc4c(C)noc4C)c3)cn2)c1. The largest absolute Gasteiger partial charge is 0.489 e. The summed E-state index contributed by atoms with van der Waals surface area (Å²) in [5.74, 6) is 2.42. The Hall–Kier alpha value is -4.13. The van der Waals surface area contributed by atoms with Gasteiger partial charge in [0.15, 0.2) is 0 Å². The number of pyridine rings is 1. The van der Waals surface area contributed by atoms with Crippen LogP contribution < -0.4 is 14.8 Å². The molecular weight excluding hydrogens is 430 g/mol. The Morgan fingerprint density at radius 3 is 2.62 bits per heavy atom. The molecule has 0 spiro atoms. The number of amides is 1. The molecule has 0 aliphatic rings. The summed E-state index contributed by atoms with van der Waals surface area (Å²) in [6, 6.07) is 16.8. The van der Waals surface area contributed by atoms with Crippen LogP contribution in [0.4, 0.5) is 0 Å². The van der Waals surface area contributed by atoms with E-state index in [1.807, 2.05) is 58.0 Å². The molecule has 7 heteroatoms. The number of nitrogens with zero attached hydrogens (tertiary/aromatic N) is 2. The Morgan fingerprint density at radius 1 is 1.03 bits per heavy atom. The number of nitrogens with one attached hydrogen (secondary N) is 1. The number of hydrogen-bond donors (Lipinski definition) is 1. The summed E-state index contributed by atoms with van der Waals surface area (Å²) in [5.41, 5.74) is 5.25. The van der Waals surface area contributed by atoms with Crippen LogP contribution in [0.25, 0.3) is 0 Å². The zero-order chi connectivity index (χ0) is 24.1.